The van der Waals surface area contributed by atoms with Crippen LogP contribution in [0.1, 0.15) is 16.1 Å². The number of rotatable bonds is 4. The number of benzene rings is 1. The Morgan fingerprint density at radius 1 is 1.25 bits per heavy atom. The lowest BCUT2D eigenvalue weighted by Gasteiger charge is -2.02. The van der Waals surface area contributed by atoms with Gasteiger partial charge in [-0.25, -0.2) is 0 Å². The van der Waals surface area contributed by atoms with Crippen molar-refractivity contribution in [2.75, 3.05) is 6.54 Å². The molecule has 0 saturated heterocycles. The molecule has 4 heteroatoms. The highest BCUT2D eigenvalue weighted by atomic mass is 16.3. The monoisotopic (exact) mass is 268 g/mol. The minimum Gasteiger partial charge on any atom is -0.459 e. The summed E-state index contributed by atoms with van der Waals surface area (Å²) in [7, 11) is 2.03. The molecule has 0 aliphatic rings. The van der Waals surface area contributed by atoms with Gasteiger partial charge in [0.1, 0.15) is 0 Å². The van der Waals surface area contributed by atoms with E-state index in [0.717, 1.165) is 6.42 Å². The third-order valence-corrected chi connectivity index (χ3v) is 3.40. The Labute approximate surface area is 117 Å². The van der Waals surface area contributed by atoms with Gasteiger partial charge in [0.05, 0.1) is 6.26 Å². The predicted octanol–water partition coefficient (Wildman–Crippen LogP) is 2.74. The maximum Gasteiger partial charge on any atom is 0.286 e. The Morgan fingerprint density at radius 3 is 2.90 bits per heavy atom. The minimum absolute atomic E-state index is 0.171. The average molecular weight is 268 g/mol. The van der Waals surface area contributed by atoms with E-state index in [1.54, 1.807) is 12.1 Å². The lowest BCUT2D eigenvalue weighted by molar-refractivity contribution is 0.0926. The number of nitrogens with one attached hydrogen (secondary N) is 1. The number of hydrogen-bond acceptors (Lipinski definition) is 2. The Kier molecular flexibility index (Phi) is 3.29. The van der Waals surface area contributed by atoms with Crippen molar-refractivity contribution in [1.29, 1.82) is 0 Å². The van der Waals surface area contributed by atoms with E-state index < -0.39 is 0 Å². The molecule has 0 spiro atoms. The van der Waals surface area contributed by atoms with Gasteiger partial charge in [0.25, 0.3) is 5.91 Å². The van der Waals surface area contributed by atoms with Crippen molar-refractivity contribution in [1.82, 2.24) is 9.88 Å². The van der Waals surface area contributed by atoms with Crippen LogP contribution in [0.15, 0.2) is 53.3 Å². The van der Waals surface area contributed by atoms with Crippen LogP contribution >= 0.6 is 0 Å². The molecule has 0 unspecified atom stereocenters. The third-order valence-electron chi connectivity index (χ3n) is 3.40. The maximum absolute atomic E-state index is 11.8. The number of carbonyl (C=O) groups is 1. The molecular formula is C16H16N2O2. The second-order valence-corrected chi connectivity index (χ2v) is 4.77. The molecule has 4 nitrogen and oxygen atoms in total. The van der Waals surface area contributed by atoms with Gasteiger partial charge in [-0.05, 0) is 30.2 Å². The lowest BCUT2D eigenvalue weighted by atomic mass is 10.1. The fourth-order valence-corrected chi connectivity index (χ4v) is 2.43. The number of para-hydroxylation sites is 1. The smallest absolute Gasteiger partial charge is 0.286 e. The number of hydrogen-bond donors (Lipinski definition) is 1. The molecule has 0 radical (unpaired) electrons. The number of nitrogens with zero attached hydrogens (tertiary/aromatic N) is 1. The van der Waals surface area contributed by atoms with Crippen LogP contribution in [-0.4, -0.2) is 17.0 Å². The quantitative estimate of drug-likeness (QED) is 0.791. The van der Waals surface area contributed by atoms with Crippen LogP contribution in [0.25, 0.3) is 10.9 Å². The van der Waals surface area contributed by atoms with Crippen LogP contribution in [0.4, 0.5) is 0 Å². The van der Waals surface area contributed by atoms with E-state index in [9.17, 15) is 4.79 Å². The van der Waals surface area contributed by atoms with Crippen molar-refractivity contribution < 1.29 is 9.21 Å². The molecule has 0 atom stereocenters. The fourth-order valence-electron chi connectivity index (χ4n) is 2.43. The minimum atomic E-state index is -0.171. The van der Waals surface area contributed by atoms with Gasteiger partial charge in [0.2, 0.25) is 0 Å². The zero-order valence-corrected chi connectivity index (χ0v) is 11.3. The Morgan fingerprint density at radius 2 is 2.10 bits per heavy atom. The van der Waals surface area contributed by atoms with E-state index in [1.165, 1.54) is 22.7 Å². The molecule has 3 aromatic rings. The molecule has 0 fully saturated rings. The number of amides is 1. The summed E-state index contributed by atoms with van der Waals surface area (Å²) in [6, 6.07) is 11.6. The van der Waals surface area contributed by atoms with Crippen LogP contribution in [0, 0.1) is 0 Å². The molecule has 1 amide bonds. The Bertz CT molecular complexity index is 726. The molecule has 3 rings (SSSR count). The average Bonchev–Trinajstić information content (AvgIpc) is 3.09. The van der Waals surface area contributed by atoms with Gasteiger partial charge in [-0.1, -0.05) is 18.2 Å². The van der Waals surface area contributed by atoms with Crippen molar-refractivity contribution in [2.45, 2.75) is 6.42 Å². The first-order valence-electron chi connectivity index (χ1n) is 6.60. The molecule has 1 N–H and O–H groups in total. The van der Waals surface area contributed by atoms with E-state index in [4.69, 9.17) is 4.42 Å². The van der Waals surface area contributed by atoms with Crippen molar-refractivity contribution in [3.8, 4) is 0 Å². The molecule has 0 aliphatic heterocycles. The number of carbonyl (C=O) groups excluding carboxylic acids is 1. The van der Waals surface area contributed by atoms with E-state index in [1.807, 2.05) is 19.2 Å². The largest absolute Gasteiger partial charge is 0.459 e. The van der Waals surface area contributed by atoms with Crippen LogP contribution in [-0.2, 0) is 13.5 Å². The Hall–Kier alpha value is -2.49. The van der Waals surface area contributed by atoms with Crippen molar-refractivity contribution in [2.24, 2.45) is 7.05 Å². The van der Waals surface area contributed by atoms with Gasteiger partial charge in [-0.3, -0.25) is 4.79 Å². The normalized spacial score (nSPS) is 10.8. The molecule has 2 aromatic heterocycles. The fraction of sp³-hybridized carbons (Fsp3) is 0.188. The molecule has 0 aliphatic carbocycles. The van der Waals surface area contributed by atoms with Crippen molar-refractivity contribution in [3.05, 3.63) is 60.2 Å². The van der Waals surface area contributed by atoms with Crippen molar-refractivity contribution >= 4 is 16.8 Å². The number of aryl methyl sites for hydroxylation is 1. The first-order valence-corrected chi connectivity index (χ1v) is 6.60. The van der Waals surface area contributed by atoms with Crippen LogP contribution in [0.2, 0.25) is 0 Å². The zero-order chi connectivity index (χ0) is 13.9. The van der Waals surface area contributed by atoms with E-state index in [0.29, 0.717) is 12.3 Å². The molecule has 1 aromatic carbocycles. The first kappa shape index (κ1) is 12.5. The van der Waals surface area contributed by atoms with E-state index in [2.05, 4.69) is 28.2 Å². The standard InChI is InChI=1S/C16H16N2O2/c1-18-11-12(13-5-2-3-6-14(13)18)8-9-17-16(19)15-7-4-10-20-15/h2-7,10-11H,8-9H2,1H3,(H,17,19). The van der Waals surface area contributed by atoms with Crippen LogP contribution in [0.5, 0.6) is 0 Å². The van der Waals surface area contributed by atoms with Gasteiger partial charge in [0.15, 0.2) is 5.76 Å². The summed E-state index contributed by atoms with van der Waals surface area (Å²) >= 11 is 0. The number of aromatic nitrogens is 1. The van der Waals surface area contributed by atoms with Crippen molar-refractivity contribution in [3.63, 3.8) is 0 Å². The summed E-state index contributed by atoms with van der Waals surface area (Å²) in [6.45, 7) is 0.591. The number of fused-ring (bicyclic) bond motifs is 1. The van der Waals surface area contributed by atoms with Gasteiger partial charge < -0.3 is 14.3 Å². The van der Waals surface area contributed by atoms with Gasteiger partial charge >= 0.3 is 0 Å². The van der Waals surface area contributed by atoms with Gasteiger partial charge in [-0.2, -0.15) is 0 Å². The number of furan rings is 1. The summed E-state index contributed by atoms with van der Waals surface area (Å²) in [4.78, 5) is 11.8. The summed E-state index contributed by atoms with van der Waals surface area (Å²) in [5.41, 5.74) is 2.45. The van der Waals surface area contributed by atoms with E-state index in [-0.39, 0.29) is 5.91 Å². The molecule has 20 heavy (non-hydrogen) atoms. The Balaban J connectivity index is 1.67. The van der Waals surface area contributed by atoms with E-state index >= 15 is 0 Å². The highest BCUT2D eigenvalue weighted by Crippen LogP contribution is 2.20. The second-order valence-electron chi connectivity index (χ2n) is 4.77. The van der Waals surface area contributed by atoms with Gasteiger partial charge in [0, 0.05) is 30.7 Å². The van der Waals surface area contributed by atoms with Crippen LogP contribution < -0.4 is 5.32 Å². The predicted molar refractivity (Wildman–Crippen MR) is 77.7 cm³/mol. The maximum atomic E-state index is 11.8. The van der Waals surface area contributed by atoms with Crippen LogP contribution in [0.3, 0.4) is 0 Å². The van der Waals surface area contributed by atoms with Gasteiger partial charge in [-0.15, -0.1) is 0 Å². The summed E-state index contributed by atoms with van der Waals surface area (Å²) in [6.07, 6.45) is 4.41. The summed E-state index contributed by atoms with van der Waals surface area (Å²) in [5.74, 6) is 0.179. The third kappa shape index (κ3) is 2.32. The first-order chi connectivity index (χ1) is 9.75. The molecule has 102 valence electrons. The SMILES string of the molecule is Cn1cc(CCNC(=O)c2ccco2)c2ccccc21. The second kappa shape index (κ2) is 5.25. The zero-order valence-electron chi connectivity index (χ0n) is 11.3. The molecule has 0 bridgehead atoms. The molecule has 0 saturated carbocycles. The lowest BCUT2D eigenvalue weighted by Crippen LogP contribution is -2.25. The summed E-state index contributed by atoms with van der Waals surface area (Å²) < 4.78 is 7.17. The highest BCUT2D eigenvalue weighted by molar-refractivity contribution is 5.91. The molecule has 2 heterocycles. The molecular weight excluding hydrogens is 252 g/mol. The summed E-state index contributed by atoms with van der Waals surface area (Å²) in [5, 5.41) is 4.10. The topological polar surface area (TPSA) is 47.2 Å². The highest BCUT2D eigenvalue weighted by Gasteiger charge is 2.09.